The summed E-state index contributed by atoms with van der Waals surface area (Å²) in [7, 11) is 0. The predicted molar refractivity (Wildman–Crippen MR) is 116 cm³/mol. The highest BCUT2D eigenvalue weighted by molar-refractivity contribution is 5.94. The van der Waals surface area contributed by atoms with Crippen molar-refractivity contribution in [2.24, 2.45) is 0 Å². The van der Waals surface area contributed by atoms with Crippen molar-refractivity contribution in [1.82, 2.24) is 15.3 Å². The maximum Gasteiger partial charge on any atom is 0.268 e. The first-order chi connectivity index (χ1) is 13.9. The molecule has 0 radical (unpaired) electrons. The SMILES string of the molecule is Cc1cccc([C@@H](CO)NC(=O)c2cc(-c3cc(NC(C)C)ncc3C)c[nH]2)c1. The number of pyridine rings is 1. The Labute approximate surface area is 171 Å². The van der Waals surface area contributed by atoms with Gasteiger partial charge in [-0.25, -0.2) is 4.98 Å². The largest absolute Gasteiger partial charge is 0.394 e. The highest BCUT2D eigenvalue weighted by Gasteiger charge is 2.17. The van der Waals surface area contributed by atoms with Crippen molar-refractivity contribution in [1.29, 1.82) is 0 Å². The topological polar surface area (TPSA) is 90.0 Å². The Morgan fingerprint density at radius 1 is 1.21 bits per heavy atom. The molecule has 0 spiro atoms. The predicted octanol–water partition coefficient (Wildman–Crippen LogP) is 3.98. The molecule has 0 bridgehead atoms. The summed E-state index contributed by atoms with van der Waals surface area (Å²) in [6.45, 7) is 7.93. The molecule has 0 aliphatic rings. The molecule has 6 heteroatoms. The summed E-state index contributed by atoms with van der Waals surface area (Å²) in [4.78, 5) is 20.2. The first-order valence-electron chi connectivity index (χ1n) is 9.77. The molecule has 1 amide bonds. The van der Waals surface area contributed by atoms with E-state index in [-0.39, 0.29) is 18.6 Å². The Balaban J connectivity index is 1.79. The van der Waals surface area contributed by atoms with E-state index >= 15 is 0 Å². The standard InChI is InChI=1S/C23H28N4O2/c1-14(2)26-22-10-19(16(4)11-25-22)18-9-20(24-12-18)23(29)27-21(13-28)17-7-5-6-15(3)8-17/h5-12,14,21,24,28H,13H2,1-4H3,(H,25,26)(H,27,29)/t21-/m1/s1. The zero-order chi connectivity index (χ0) is 21.0. The van der Waals surface area contributed by atoms with Crippen LogP contribution in [0.1, 0.15) is 47.1 Å². The van der Waals surface area contributed by atoms with Crippen molar-refractivity contribution in [2.45, 2.75) is 39.8 Å². The van der Waals surface area contributed by atoms with Gasteiger partial charge >= 0.3 is 0 Å². The van der Waals surface area contributed by atoms with Crippen LogP contribution in [0.25, 0.3) is 11.1 Å². The second kappa shape index (κ2) is 8.92. The first kappa shape index (κ1) is 20.6. The molecule has 0 saturated heterocycles. The summed E-state index contributed by atoms with van der Waals surface area (Å²) in [5.74, 6) is 0.539. The van der Waals surface area contributed by atoms with Gasteiger partial charge in [0.25, 0.3) is 5.91 Å². The molecule has 0 aliphatic carbocycles. The molecule has 0 saturated carbocycles. The van der Waals surface area contributed by atoms with Gasteiger partial charge in [-0.3, -0.25) is 4.79 Å². The van der Waals surface area contributed by atoms with E-state index in [0.29, 0.717) is 5.69 Å². The molecule has 1 atom stereocenters. The minimum atomic E-state index is -0.460. The van der Waals surface area contributed by atoms with Crippen LogP contribution in [-0.2, 0) is 0 Å². The fraction of sp³-hybridized carbons (Fsp3) is 0.304. The molecule has 152 valence electrons. The van der Waals surface area contributed by atoms with Gasteiger partial charge in [0.1, 0.15) is 11.5 Å². The lowest BCUT2D eigenvalue weighted by Crippen LogP contribution is -2.31. The molecule has 4 N–H and O–H groups in total. The van der Waals surface area contributed by atoms with E-state index in [9.17, 15) is 9.90 Å². The number of carbonyl (C=O) groups is 1. The highest BCUT2D eigenvalue weighted by atomic mass is 16.3. The lowest BCUT2D eigenvalue weighted by Gasteiger charge is -2.16. The fourth-order valence-corrected chi connectivity index (χ4v) is 3.25. The fourth-order valence-electron chi connectivity index (χ4n) is 3.25. The van der Waals surface area contributed by atoms with Crippen LogP contribution in [0.5, 0.6) is 0 Å². The Bertz CT molecular complexity index is 994. The van der Waals surface area contributed by atoms with Crippen molar-refractivity contribution in [3.63, 3.8) is 0 Å². The number of aromatic amines is 1. The number of aromatic nitrogens is 2. The van der Waals surface area contributed by atoms with E-state index in [2.05, 4.69) is 34.4 Å². The molecule has 2 aromatic heterocycles. The number of aliphatic hydroxyl groups is 1. The average Bonchev–Trinajstić information content (AvgIpc) is 3.17. The number of hydrogen-bond acceptors (Lipinski definition) is 4. The van der Waals surface area contributed by atoms with E-state index in [1.807, 2.05) is 62.6 Å². The van der Waals surface area contributed by atoms with E-state index < -0.39 is 6.04 Å². The van der Waals surface area contributed by atoms with E-state index in [1.165, 1.54) is 0 Å². The third kappa shape index (κ3) is 5.03. The van der Waals surface area contributed by atoms with Gasteiger partial charge in [0.15, 0.2) is 0 Å². The van der Waals surface area contributed by atoms with Crippen LogP contribution in [0.2, 0.25) is 0 Å². The summed E-state index contributed by atoms with van der Waals surface area (Å²) < 4.78 is 0. The van der Waals surface area contributed by atoms with Gasteiger partial charge in [-0.05, 0) is 56.5 Å². The van der Waals surface area contributed by atoms with Gasteiger partial charge in [-0.15, -0.1) is 0 Å². The normalized spacial score (nSPS) is 12.1. The van der Waals surface area contributed by atoms with Gasteiger partial charge in [0.2, 0.25) is 0 Å². The molecule has 2 heterocycles. The maximum absolute atomic E-state index is 12.7. The molecular formula is C23H28N4O2. The van der Waals surface area contributed by atoms with E-state index in [4.69, 9.17) is 0 Å². The Morgan fingerprint density at radius 2 is 2.00 bits per heavy atom. The number of anilines is 1. The molecule has 6 nitrogen and oxygen atoms in total. The average molecular weight is 393 g/mol. The Kier molecular flexibility index (Phi) is 6.34. The van der Waals surface area contributed by atoms with E-state index in [1.54, 1.807) is 0 Å². The number of nitrogens with one attached hydrogen (secondary N) is 3. The number of amides is 1. The van der Waals surface area contributed by atoms with Crippen LogP contribution in [0.15, 0.2) is 48.8 Å². The second-order valence-corrected chi connectivity index (χ2v) is 7.61. The number of H-pyrrole nitrogens is 1. The molecule has 0 unspecified atom stereocenters. The second-order valence-electron chi connectivity index (χ2n) is 7.61. The molecule has 1 aromatic carbocycles. The summed E-state index contributed by atoms with van der Waals surface area (Å²) in [6, 6.07) is 11.4. The monoisotopic (exact) mass is 392 g/mol. The number of hydrogen-bond donors (Lipinski definition) is 4. The zero-order valence-electron chi connectivity index (χ0n) is 17.3. The van der Waals surface area contributed by atoms with Gasteiger partial charge in [0, 0.05) is 24.0 Å². The minimum Gasteiger partial charge on any atom is -0.394 e. The third-order valence-corrected chi connectivity index (χ3v) is 4.71. The lowest BCUT2D eigenvalue weighted by molar-refractivity contribution is 0.0911. The van der Waals surface area contributed by atoms with Crippen molar-refractivity contribution in [2.75, 3.05) is 11.9 Å². The summed E-state index contributed by atoms with van der Waals surface area (Å²) >= 11 is 0. The minimum absolute atomic E-state index is 0.170. The molecular weight excluding hydrogens is 364 g/mol. The molecule has 3 aromatic rings. The number of nitrogens with zero attached hydrogens (tertiary/aromatic N) is 1. The van der Waals surface area contributed by atoms with Crippen LogP contribution in [-0.4, -0.2) is 33.6 Å². The summed E-state index contributed by atoms with van der Waals surface area (Å²) in [5, 5.41) is 15.9. The number of aryl methyl sites for hydroxylation is 2. The molecule has 29 heavy (non-hydrogen) atoms. The summed E-state index contributed by atoms with van der Waals surface area (Å²) in [6.07, 6.45) is 3.64. The van der Waals surface area contributed by atoms with Crippen molar-refractivity contribution < 1.29 is 9.90 Å². The zero-order valence-corrected chi connectivity index (χ0v) is 17.3. The van der Waals surface area contributed by atoms with Crippen molar-refractivity contribution in [3.05, 3.63) is 71.2 Å². The maximum atomic E-state index is 12.7. The third-order valence-electron chi connectivity index (χ3n) is 4.71. The summed E-state index contributed by atoms with van der Waals surface area (Å²) in [5.41, 5.74) is 5.35. The number of aliphatic hydroxyl groups excluding tert-OH is 1. The van der Waals surface area contributed by atoms with E-state index in [0.717, 1.165) is 33.6 Å². The van der Waals surface area contributed by atoms with Crippen LogP contribution >= 0.6 is 0 Å². The number of carbonyl (C=O) groups excluding carboxylic acids is 1. The van der Waals surface area contributed by atoms with Crippen LogP contribution in [0.3, 0.4) is 0 Å². The van der Waals surface area contributed by atoms with Gasteiger partial charge in [-0.2, -0.15) is 0 Å². The smallest absolute Gasteiger partial charge is 0.268 e. The van der Waals surface area contributed by atoms with Crippen molar-refractivity contribution in [3.8, 4) is 11.1 Å². The quantitative estimate of drug-likeness (QED) is 0.490. The van der Waals surface area contributed by atoms with Crippen LogP contribution in [0.4, 0.5) is 5.82 Å². The first-order valence-corrected chi connectivity index (χ1v) is 9.77. The molecule has 3 rings (SSSR count). The van der Waals surface area contributed by atoms with Crippen molar-refractivity contribution >= 4 is 11.7 Å². The van der Waals surface area contributed by atoms with Crippen LogP contribution < -0.4 is 10.6 Å². The van der Waals surface area contributed by atoms with Gasteiger partial charge in [-0.1, -0.05) is 29.8 Å². The lowest BCUT2D eigenvalue weighted by atomic mass is 10.0. The Hall–Kier alpha value is -3.12. The van der Waals surface area contributed by atoms with Gasteiger partial charge < -0.3 is 20.7 Å². The van der Waals surface area contributed by atoms with Gasteiger partial charge in [0.05, 0.1) is 12.6 Å². The number of benzene rings is 1. The molecule has 0 aliphatic heterocycles. The van der Waals surface area contributed by atoms with Crippen LogP contribution in [0, 0.1) is 13.8 Å². The number of rotatable bonds is 7. The Morgan fingerprint density at radius 3 is 2.69 bits per heavy atom. The molecule has 0 fully saturated rings. The highest BCUT2D eigenvalue weighted by Crippen LogP contribution is 2.26.